The van der Waals surface area contributed by atoms with Gasteiger partial charge in [-0.05, 0) is 0 Å². The molecule has 82 valence electrons. The average Bonchev–Trinajstić information content (AvgIpc) is 2.63. The summed E-state index contributed by atoms with van der Waals surface area (Å²) >= 11 is 1.13. The van der Waals surface area contributed by atoms with Gasteiger partial charge in [-0.1, -0.05) is 5.16 Å². The van der Waals surface area contributed by atoms with Gasteiger partial charge in [-0.3, -0.25) is 4.79 Å². The molecule has 0 aromatic carbocycles. The Morgan fingerprint density at radius 1 is 1.73 bits per heavy atom. The van der Waals surface area contributed by atoms with Gasteiger partial charge >= 0.3 is 0 Å². The standard InChI is InChI=1S/C7H10N4O3S/c8-7-10-4(3-15-7)5(11-14)6(13)9-1-2-12/h3,12,14H,1-2H2,(H2,8,10)(H,9,13)/b11-5-. The molecule has 1 rings (SSSR count). The molecule has 0 aliphatic carbocycles. The van der Waals surface area contributed by atoms with E-state index in [2.05, 4.69) is 15.5 Å². The summed E-state index contributed by atoms with van der Waals surface area (Å²) in [6.07, 6.45) is 0. The summed E-state index contributed by atoms with van der Waals surface area (Å²) in [5, 5.41) is 24.1. The number of oxime groups is 1. The van der Waals surface area contributed by atoms with Gasteiger partial charge in [-0.15, -0.1) is 11.3 Å². The zero-order chi connectivity index (χ0) is 11.3. The maximum atomic E-state index is 11.4. The number of rotatable bonds is 4. The topological polar surface area (TPSA) is 121 Å². The van der Waals surface area contributed by atoms with E-state index in [4.69, 9.17) is 16.0 Å². The van der Waals surface area contributed by atoms with E-state index < -0.39 is 5.91 Å². The lowest BCUT2D eigenvalue weighted by atomic mass is 10.3. The summed E-state index contributed by atoms with van der Waals surface area (Å²) in [6, 6.07) is 0. The number of aliphatic hydroxyl groups is 1. The first-order chi connectivity index (χ1) is 7.19. The predicted molar refractivity (Wildman–Crippen MR) is 54.9 cm³/mol. The second-order valence-corrected chi connectivity index (χ2v) is 3.39. The number of nitrogens with two attached hydrogens (primary N) is 1. The fourth-order valence-electron chi connectivity index (χ4n) is 0.862. The van der Waals surface area contributed by atoms with Crippen LogP contribution in [0.5, 0.6) is 0 Å². The maximum Gasteiger partial charge on any atom is 0.275 e. The van der Waals surface area contributed by atoms with Crippen LogP contribution in [0.3, 0.4) is 0 Å². The molecule has 0 bridgehead atoms. The van der Waals surface area contributed by atoms with E-state index in [1.807, 2.05) is 0 Å². The number of nitrogen functional groups attached to an aromatic ring is 1. The number of nitrogens with one attached hydrogen (secondary N) is 1. The Morgan fingerprint density at radius 3 is 2.93 bits per heavy atom. The number of hydrogen-bond donors (Lipinski definition) is 4. The van der Waals surface area contributed by atoms with Gasteiger partial charge in [0.2, 0.25) is 0 Å². The predicted octanol–water partition coefficient (Wildman–Crippen LogP) is -0.988. The fourth-order valence-corrected chi connectivity index (χ4v) is 1.41. The minimum atomic E-state index is -0.614. The second kappa shape index (κ2) is 5.27. The van der Waals surface area contributed by atoms with Crippen molar-refractivity contribution in [3.8, 4) is 0 Å². The van der Waals surface area contributed by atoms with Crippen LogP contribution in [0.2, 0.25) is 0 Å². The Kier molecular flexibility index (Phi) is 4.01. The third-order valence-corrected chi connectivity index (χ3v) is 2.15. The molecule has 8 heteroatoms. The minimum absolute atomic E-state index is 0.0808. The molecule has 0 saturated heterocycles. The van der Waals surface area contributed by atoms with E-state index in [0.29, 0.717) is 0 Å². The van der Waals surface area contributed by atoms with Crippen molar-refractivity contribution >= 4 is 28.1 Å². The lowest BCUT2D eigenvalue weighted by Gasteiger charge is -2.01. The van der Waals surface area contributed by atoms with Crippen LogP contribution in [-0.4, -0.2) is 40.1 Å². The Balaban J connectivity index is 2.77. The van der Waals surface area contributed by atoms with E-state index in [9.17, 15) is 4.79 Å². The molecule has 0 aliphatic rings. The van der Waals surface area contributed by atoms with Crippen LogP contribution >= 0.6 is 11.3 Å². The smallest absolute Gasteiger partial charge is 0.275 e. The van der Waals surface area contributed by atoms with Crippen molar-refractivity contribution in [1.29, 1.82) is 0 Å². The van der Waals surface area contributed by atoms with E-state index in [-0.39, 0.29) is 29.7 Å². The number of thiazole rings is 1. The molecule has 0 aliphatic heterocycles. The number of aromatic nitrogens is 1. The molecule has 0 spiro atoms. The molecule has 0 saturated carbocycles. The summed E-state index contributed by atoms with van der Waals surface area (Å²) in [5.74, 6) is -0.614. The van der Waals surface area contributed by atoms with Crippen LogP contribution in [-0.2, 0) is 4.79 Å². The fraction of sp³-hybridized carbons (Fsp3) is 0.286. The summed E-state index contributed by atoms with van der Waals surface area (Å²) < 4.78 is 0. The third kappa shape index (κ3) is 2.89. The highest BCUT2D eigenvalue weighted by Crippen LogP contribution is 2.11. The van der Waals surface area contributed by atoms with Crippen molar-refractivity contribution in [3.63, 3.8) is 0 Å². The molecule has 7 nitrogen and oxygen atoms in total. The van der Waals surface area contributed by atoms with Crippen LogP contribution in [0.25, 0.3) is 0 Å². The number of nitrogens with zero attached hydrogens (tertiary/aromatic N) is 2. The molecule has 0 fully saturated rings. The lowest BCUT2D eigenvalue weighted by molar-refractivity contribution is -0.115. The van der Waals surface area contributed by atoms with Gasteiger partial charge in [-0.25, -0.2) is 4.98 Å². The molecule has 0 atom stereocenters. The molecule has 1 heterocycles. The van der Waals surface area contributed by atoms with Crippen LogP contribution in [0, 0.1) is 0 Å². The normalized spacial score (nSPS) is 11.4. The monoisotopic (exact) mass is 230 g/mol. The third-order valence-electron chi connectivity index (χ3n) is 1.48. The van der Waals surface area contributed by atoms with Gasteiger partial charge in [0.05, 0.1) is 6.61 Å². The lowest BCUT2D eigenvalue weighted by Crippen LogP contribution is -2.33. The van der Waals surface area contributed by atoms with E-state index >= 15 is 0 Å². The number of anilines is 1. The van der Waals surface area contributed by atoms with Gasteiger partial charge in [-0.2, -0.15) is 0 Å². The first kappa shape index (κ1) is 11.4. The van der Waals surface area contributed by atoms with Gasteiger partial charge in [0.15, 0.2) is 10.8 Å². The van der Waals surface area contributed by atoms with Crippen molar-refractivity contribution in [2.24, 2.45) is 5.16 Å². The van der Waals surface area contributed by atoms with Crippen molar-refractivity contribution in [1.82, 2.24) is 10.3 Å². The summed E-state index contributed by atoms with van der Waals surface area (Å²) in [6.45, 7) is -0.110. The SMILES string of the molecule is Nc1nc(/C(=N/O)C(=O)NCCO)cs1. The Hall–Kier alpha value is -1.67. The first-order valence-corrected chi connectivity index (χ1v) is 4.89. The quantitative estimate of drug-likeness (QED) is 0.301. The molecular weight excluding hydrogens is 220 g/mol. The van der Waals surface area contributed by atoms with E-state index in [0.717, 1.165) is 11.3 Å². The second-order valence-electron chi connectivity index (χ2n) is 2.50. The molecule has 15 heavy (non-hydrogen) atoms. The van der Waals surface area contributed by atoms with Crippen LogP contribution in [0.15, 0.2) is 10.5 Å². The number of carbonyl (C=O) groups excluding carboxylic acids is 1. The van der Waals surface area contributed by atoms with E-state index in [1.54, 1.807) is 0 Å². The largest absolute Gasteiger partial charge is 0.410 e. The highest BCUT2D eigenvalue weighted by atomic mass is 32.1. The molecule has 0 radical (unpaired) electrons. The molecule has 0 unspecified atom stereocenters. The molecule has 1 aromatic heterocycles. The highest BCUT2D eigenvalue weighted by molar-refractivity contribution is 7.13. The Labute approximate surface area is 89.2 Å². The van der Waals surface area contributed by atoms with Gasteiger partial charge in [0, 0.05) is 11.9 Å². The maximum absolute atomic E-state index is 11.4. The molecule has 5 N–H and O–H groups in total. The van der Waals surface area contributed by atoms with Crippen LogP contribution in [0.1, 0.15) is 5.69 Å². The van der Waals surface area contributed by atoms with Gasteiger partial charge < -0.3 is 21.4 Å². The first-order valence-electron chi connectivity index (χ1n) is 4.01. The summed E-state index contributed by atoms with van der Waals surface area (Å²) in [7, 11) is 0. The van der Waals surface area contributed by atoms with Gasteiger partial charge in [0.1, 0.15) is 5.69 Å². The van der Waals surface area contributed by atoms with E-state index in [1.165, 1.54) is 5.38 Å². The number of hydrogen-bond acceptors (Lipinski definition) is 7. The zero-order valence-electron chi connectivity index (χ0n) is 7.67. The van der Waals surface area contributed by atoms with Crippen molar-refractivity contribution in [2.75, 3.05) is 18.9 Å². The van der Waals surface area contributed by atoms with Crippen molar-refractivity contribution < 1.29 is 15.1 Å². The molecular formula is C7H10N4O3S. The Bertz CT molecular complexity index is 376. The molecule has 1 aromatic rings. The summed E-state index contributed by atoms with van der Waals surface area (Å²) in [5.41, 5.74) is 5.35. The van der Waals surface area contributed by atoms with Crippen LogP contribution < -0.4 is 11.1 Å². The zero-order valence-corrected chi connectivity index (χ0v) is 8.49. The number of aliphatic hydroxyl groups excluding tert-OH is 1. The number of amides is 1. The van der Waals surface area contributed by atoms with Crippen molar-refractivity contribution in [2.45, 2.75) is 0 Å². The minimum Gasteiger partial charge on any atom is -0.410 e. The van der Waals surface area contributed by atoms with Crippen LogP contribution in [0.4, 0.5) is 5.13 Å². The molecule has 1 amide bonds. The number of carbonyl (C=O) groups is 1. The Morgan fingerprint density at radius 2 is 2.47 bits per heavy atom. The van der Waals surface area contributed by atoms with Gasteiger partial charge in [0.25, 0.3) is 5.91 Å². The highest BCUT2D eigenvalue weighted by Gasteiger charge is 2.16. The van der Waals surface area contributed by atoms with Crippen molar-refractivity contribution in [3.05, 3.63) is 11.1 Å². The summed E-state index contributed by atoms with van der Waals surface area (Å²) in [4.78, 5) is 15.1. The average molecular weight is 230 g/mol.